The van der Waals surface area contributed by atoms with Crippen LogP contribution in [0.3, 0.4) is 0 Å². The van der Waals surface area contributed by atoms with Crippen molar-refractivity contribution in [3.05, 3.63) is 71.6 Å². The van der Waals surface area contributed by atoms with Gasteiger partial charge in [0.2, 0.25) is 0 Å². The molecule has 0 atom stereocenters. The first-order chi connectivity index (χ1) is 12.2. The molecule has 25 heavy (non-hydrogen) atoms. The Morgan fingerprint density at radius 1 is 1.08 bits per heavy atom. The molecule has 3 rings (SSSR count). The highest BCUT2D eigenvalue weighted by Gasteiger charge is 2.09. The van der Waals surface area contributed by atoms with Gasteiger partial charge in [0.15, 0.2) is 0 Å². The second-order valence-electron chi connectivity index (χ2n) is 5.08. The van der Waals surface area contributed by atoms with Gasteiger partial charge in [0.1, 0.15) is 17.3 Å². The normalized spacial score (nSPS) is 10.2. The number of halogens is 1. The Morgan fingerprint density at radius 3 is 2.64 bits per heavy atom. The monoisotopic (exact) mass is 354 g/mol. The number of rotatable bonds is 5. The smallest absolute Gasteiger partial charge is 0.275 e. The Hall–Kier alpha value is -3.12. The Kier molecular flexibility index (Phi) is 5.11. The summed E-state index contributed by atoms with van der Waals surface area (Å²) in [7, 11) is 1.59. The maximum atomic E-state index is 12.2. The lowest BCUT2D eigenvalue weighted by Crippen LogP contribution is -2.14. The molecule has 6 nitrogen and oxygen atoms in total. The first-order valence-corrected chi connectivity index (χ1v) is 7.82. The summed E-state index contributed by atoms with van der Waals surface area (Å²) in [4.78, 5) is 20.5. The molecule has 1 heterocycles. The SMILES string of the molecule is COc1ccccc1Nc1cnc(C(=O)Nc2cccc(Cl)c2)cn1. The number of ether oxygens (including phenoxy) is 1. The molecule has 2 N–H and O–H groups in total. The summed E-state index contributed by atoms with van der Waals surface area (Å²) in [6.07, 6.45) is 2.89. The molecule has 0 aliphatic carbocycles. The van der Waals surface area contributed by atoms with E-state index in [4.69, 9.17) is 16.3 Å². The maximum absolute atomic E-state index is 12.2. The molecule has 0 bridgehead atoms. The highest BCUT2D eigenvalue weighted by atomic mass is 35.5. The standard InChI is InChI=1S/C18H15ClN4O2/c1-25-16-8-3-2-7-14(16)23-17-11-20-15(10-21-17)18(24)22-13-6-4-5-12(19)9-13/h2-11H,1H3,(H,21,23)(H,22,24). The summed E-state index contributed by atoms with van der Waals surface area (Å²) in [5.41, 5.74) is 1.55. The van der Waals surface area contributed by atoms with Crippen molar-refractivity contribution in [1.29, 1.82) is 0 Å². The van der Waals surface area contributed by atoms with Crippen LogP contribution in [0.25, 0.3) is 0 Å². The molecule has 0 aliphatic heterocycles. The molecule has 1 amide bonds. The summed E-state index contributed by atoms with van der Waals surface area (Å²) in [6, 6.07) is 14.3. The highest BCUT2D eigenvalue weighted by Crippen LogP contribution is 2.25. The number of nitrogens with one attached hydrogen (secondary N) is 2. The van der Waals surface area contributed by atoms with Gasteiger partial charge in [-0.3, -0.25) is 4.79 Å². The largest absolute Gasteiger partial charge is 0.495 e. The van der Waals surface area contributed by atoms with Crippen LogP contribution in [0.1, 0.15) is 10.5 Å². The van der Waals surface area contributed by atoms with Crippen LogP contribution in [0.15, 0.2) is 60.9 Å². The second kappa shape index (κ2) is 7.63. The van der Waals surface area contributed by atoms with Crippen LogP contribution < -0.4 is 15.4 Å². The van der Waals surface area contributed by atoms with Gasteiger partial charge in [-0.25, -0.2) is 9.97 Å². The van der Waals surface area contributed by atoms with Crippen molar-refractivity contribution in [3.8, 4) is 5.75 Å². The van der Waals surface area contributed by atoms with E-state index < -0.39 is 0 Å². The molecule has 0 radical (unpaired) electrons. The number of para-hydroxylation sites is 2. The average Bonchev–Trinajstić information content (AvgIpc) is 2.63. The van der Waals surface area contributed by atoms with E-state index in [0.717, 1.165) is 5.69 Å². The lowest BCUT2D eigenvalue weighted by molar-refractivity contribution is 0.102. The molecule has 126 valence electrons. The van der Waals surface area contributed by atoms with E-state index in [0.29, 0.717) is 22.3 Å². The lowest BCUT2D eigenvalue weighted by atomic mass is 10.3. The van der Waals surface area contributed by atoms with Gasteiger partial charge in [0.05, 0.1) is 25.2 Å². The molecule has 1 aromatic heterocycles. The Balaban J connectivity index is 1.70. The molecule has 0 unspecified atom stereocenters. The number of anilines is 3. The van der Waals surface area contributed by atoms with Gasteiger partial charge in [-0.2, -0.15) is 0 Å². The van der Waals surface area contributed by atoms with E-state index in [-0.39, 0.29) is 11.6 Å². The van der Waals surface area contributed by atoms with Crippen molar-refractivity contribution < 1.29 is 9.53 Å². The molecule has 0 fully saturated rings. The molecule has 0 saturated carbocycles. The zero-order valence-corrected chi connectivity index (χ0v) is 14.1. The van der Waals surface area contributed by atoms with Crippen molar-refractivity contribution in [3.63, 3.8) is 0 Å². The summed E-state index contributed by atoms with van der Waals surface area (Å²) in [5, 5.41) is 6.36. The molecular weight excluding hydrogens is 340 g/mol. The van der Waals surface area contributed by atoms with E-state index in [1.165, 1.54) is 12.4 Å². The van der Waals surface area contributed by atoms with Crippen LogP contribution in [0.5, 0.6) is 5.75 Å². The number of benzene rings is 2. The summed E-state index contributed by atoms with van der Waals surface area (Å²) < 4.78 is 5.27. The van der Waals surface area contributed by atoms with E-state index in [1.807, 2.05) is 24.3 Å². The fourth-order valence-electron chi connectivity index (χ4n) is 2.16. The molecule has 2 aromatic carbocycles. The fraction of sp³-hybridized carbons (Fsp3) is 0.0556. The van der Waals surface area contributed by atoms with Crippen LogP contribution in [-0.2, 0) is 0 Å². The number of carbonyl (C=O) groups excluding carboxylic acids is 1. The van der Waals surface area contributed by atoms with Crippen molar-refractivity contribution in [2.24, 2.45) is 0 Å². The number of carbonyl (C=O) groups is 1. The topological polar surface area (TPSA) is 76.1 Å². The predicted molar refractivity (Wildman–Crippen MR) is 97.7 cm³/mol. The number of nitrogens with zero attached hydrogens (tertiary/aromatic N) is 2. The minimum absolute atomic E-state index is 0.200. The van der Waals surface area contributed by atoms with Crippen molar-refractivity contribution in [1.82, 2.24) is 9.97 Å². The summed E-state index contributed by atoms with van der Waals surface area (Å²) in [6.45, 7) is 0. The number of aromatic nitrogens is 2. The fourth-order valence-corrected chi connectivity index (χ4v) is 2.35. The second-order valence-corrected chi connectivity index (χ2v) is 5.51. The zero-order valence-electron chi connectivity index (χ0n) is 13.4. The van der Waals surface area contributed by atoms with Crippen molar-refractivity contribution in [2.45, 2.75) is 0 Å². The Bertz CT molecular complexity index is 884. The third-order valence-electron chi connectivity index (χ3n) is 3.34. The number of hydrogen-bond acceptors (Lipinski definition) is 5. The third kappa shape index (κ3) is 4.24. The lowest BCUT2D eigenvalue weighted by Gasteiger charge is -2.10. The summed E-state index contributed by atoms with van der Waals surface area (Å²) >= 11 is 5.90. The zero-order chi connectivity index (χ0) is 17.6. The first-order valence-electron chi connectivity index (χ1n) is 7.45. The number of hydrogen-bond donors (Lipinski definition) is 2. The molecule has 0 aliphatic rings. The molecule has 0 spiro atoms. The van der Waals surface area contributed by atoms with Crippen LogP contribution in [0, 0.1) is 0 Å². The summed E-state index contributed by atoms with van der Waals surface area (Å²) in [5.74, 6) is 0.828. The van der Waals surface area contributed by atoms with Gasteiger partial charge >= 0.3 is 0 Å². The molecule has 7 heteroatoms. The van der Waals surface area contributed by atoms with Crippen LogP contribution in [0.4, 0.5) is 17.2 Å². The van der Waals surface area contributed by atoms with Gasteiger partial charge in [-0.05, 0) is 30.3 Å². The first kappa shape index (κ1) is 16.7. The Morgan fingerprint density at radius 2 is 1.92 bits per heavy atom. The highest BCUT2D eigenvalue weighted by molar-refractivity contribution is 6.30. The quantitative estimate of drug-likeness (QED) is 0.720. The Labute approximate surface area is 149 Å². The van der Waals surface area contributed by atoms with Crippen molar-refractivity contribution in [2.75, 3.05) is 17.7 Å². The molecular formula is C18H15ClN4O2. The van der Waals surface area contributed by atoms with Crippen molar-refractivity contribution >= 4 is 34.7 Å². The van der Waals surface area contributed by atoms with Gasteiger partial charge in [-0.1, -0.05) is 29.8 Å². The van der Waals surface area contributed by atoms with E-state index in [1.54, 1.807) is 31.4 Å². The van der Waals surface area contributed by atoms with Crippen LogP contribution in [-0.4, -0.2) is 23.0 Å². The van der Waals surface area contributed by atoms with Gasteiger partial charge in [-0.15, -0.1) is 0 Å². The van der Waals surface area contributed by atoms with Crippen LogP contribution in [0.2, 0.25) is 5.02 Å². The van der Waals surface area contributed by atoms with Gasteiger partial charge < -0.3 is 15.4 Å². The van der Waals surface area contributed by atoms with Crippen LogP contribution >= 0.6 is 11.6 Å². The van der Waals surface area contributed by atoms with E-state index >= 15 is 0 Å². The minimum Gasteiger partial charge on any atom is -0.495 e. The van der Waals surface area contributed by atoms with E-state index in [9.17, 15) is 4.79 Å². The van der Waals surface area contributed by atoms with Gasteiger partial charge in [0.25, 0.3) is 5.91 Å². The molecule has 3 aromatic rings. The predicted octanol–water partition coefficient (Wildman–Crippen LogP) is 4.13. The number of amides is 1. The average molecular weight is 355 g/mol. The third-order valence-corrected chi connectivity index (χ3v) is 3.57. The maximum Gasteiger partial charge on any atom is 0.275 e. The van der Waals surface area contributed by atoms with Gasteiger partial charge in [0, 0.05) is 10.7 Å². The van der Waals surface area contributed by atoms with E-state index in [2.05, 4.69) is 20.6 Å². The minimum atomic E-state index is -0.362. The molecule has 0 saturated heterocycles. The number of methoxy groups -OCH3 is 1.